The summed E-state index contributed by atoms with van der Waals surface area (Å²) in [6, 6.07) is 0. The predicted molar refractivity (Wildman–Crippen MR) is 35.0 cm³/mol. The Balaban J connectivity index is 2.85. The summed E-state index contributed by atoms with van der Waals surface area (Å²) < 4.78 is 0.583. The smallest absolute Gasteiger partial charge is 0.0629 e. The minimum atomic E-state index is 0.583. The van der Waals surface area contributed by atoms with Crippen molar-refractivity contribution in [3.8, 4) is 0 Å². The first-order valence-corrected chi connectivity index (χ1v) is 3.60. The van der Waals surface area contributed by atoms with E-state index in [1.165, 1.54) is 0 Å². The number of hydrogen-bond donors (Lipinski definition) is 0. The largest absolute Gasteiger partial charge is 0.129 e. The second-order valence-electron chi connectivity index (χ2n) is 0.315. The van der Waals surface area contributed by atoms with Crippen LogP contribution < -0.4 is 0 Å². The Hall–Kier alpha value is 1.21. The highest BCUT2D eigenvalue weighted by Gasteiger charge is 1.78. The maximum Gasteiger partial charge on any atom is 0.129 e. The molecule has 0 unspecified atom stereocenters. The first kappa shape index (κ1) is 6.21. The molecule has 0 radical (unpaired) electrons. The van der Waals surface area contributed by atoms with Crippen molar-refractivity contribution in [1.82, 2.24) is 0 Å². The SMILES string of the molecule is S=C(Br)SCl. The molecule has 0 bridgehead atoms. The third-order valence-electron chi connectivity index (χ3n) is 0.0607. The third kappa shape index (κ3) is 5.21. The molecule has 0 aliphatic heterocycles. The zero-order valence-corrected chi connectivity index (χ0v) is 6.05. The fourth-order valence-corrected chi connectivity index (χ4v) is 0. The quantitative estimate of drug-likeness (QED) is 0.426. The van der Waals surface area contributed by atoms with Crippen molar-refractivity contribution in [2.45, 2.75) is 0 Å². The summed E-state index contributed by atoms with van der Waals surface area (Å²) in [6.45, 7) is 0. The highest BCUT2D eigenvalue weighted by molar-refractivity contribution is 9.24. The van der Waals surface area contributed by atoms with Gasteiger partial charge in [-0.05, 0) is 26.6 Å². The molecule has 0 saturated heterocycles. The van der Waals surface area contributed by atoms with Crippen LogP contribution in [0, 0.1) is 0 Å². The van der Waals surface area contributed by atoms with Gasteiger partial charge in [0.25, 0.3) is 0 Å². The third-order valence-corrected chi connectivity index (χ3v) is 2.21. The molecule has 0 atom stereocenters. The highest BCUT2D eigenvalue weighted by Crippen LogP contribution is 2.13. The van der Waals surface area contributed by atoms with Crippen LogP contribution in [0.25, 0.3) is 0 Å². The monoisotopic (exact) mass is 190 g/mol. The average Bonchev–Trinajstić information content (AvgIpc) is 1.38. The Kier molecular flexibility index (Phi) is 4.23. The molecule has 5 heavy (non-hydrogen) atoms. The van der Waals surface area contributed by atoms with Crippen molar-refractivity contribution in [2.75, 3.05) is 0 Å². The van der Waals surface area contributed by atoms with Crippen LogP contribution in [0.15, 0.2) is 0 Å². The van der Waals surface area contributed by atoms with Crippen molar-refractivity contribution in [2.24, 2.45) is 0 Å². The van der Waals surface area contributed by atoms with Gasteiger partial charge < -0.3 is 0 Å². The molecule has 0 nitrogen and oxygen atoms in total. The topological polar surface area (TPSA) is 0 Å². The second-order valence-corrected chi connectivity index (χ2v) is 3.85. The molecule has 0 N–H and O–H groups in total. The van der Waals surface area contributed by atoms with E-state index in [-0.39, 0.29) is 0 Å². The van der Waals surface area contributed by atoms with Gasteiger partial charge >= 0.3 is 0 Å². The van der Waals surface area contributed by atoms with Gasteiger partial charge in [-0.25, -0.2) is 0 Å². The van der Waals surface area contributed by atoms with Crippen molar-refractivity contribution < 1.29 is 0 Å². The second kappa shape index (κ2) is 3.40. The standard InChI is InChI=1S/CBrClS2/c2-1(4)5-3. The lowest BCUT2D eigenvalue weighted by Crippen LogP contribution is -1.52. The summed E-state index contributed by atoms with van der Waals surface area (Å²) in [5.74, 6) is 0. The van der Waals surface area contributed by atoms with E-state index in [1.807, 2.05) is 0 Å². The van der Waals surface area contributed by atoms with Crippen molar-refractivity contribution in [3.63, 3.8) is 0 Å². The molecule has 30 valence electrons. The van der Waals surface area contributed by atoms with Gasteiger partial charge in [-0.2, -0.15) is 0 Å². The molecule has 0 spiro atoms. The summed E-state index contributed by atoms with van der Waals surface area (Å²) in [6.07, 6.45) is 0. The maximum atomic E-state index is 5.07. The van der Waals surface area contributed by atoms with Gasteiger partial charge in [0.15, 0.2) is 0 Å². The van der Waals surface area contributed by atoms with Gasteiger partial charge in [0.1, 0.15) is 3.11 Å². The Bertz CT molecular complexity index is 44.9. The normalized spacial score (nSPS) is 7.60. The molecular weight excluding hydrogens is 192 g/mol. The number of halogens is 2. The highest BCUT2D eigenvalue weighted by atomic mass is 79.9. The lowest BCUT2D eigenvalue weighted by Gasteiger charge is -1.69. The van der Waals surface area contributed by atoms with Crippen LogP contribution in [0.3, 0.4) is 0 Å². The minimum absolute atomic E-state index is 0.583. The Morgan fingerprint density at radius 1 is 2.00 bits per heavy atom. The molecule has 0 aliphatic rings. The van der Waals surface area contributed by atoms with E-state index in [1.54, 1.807) is 0 Å². The van der Waals surface area contributed by atoms with Crippen LogP contribution in [0.2, 0.25) is 0 Å². The Labute approximate surface area is 52.9 Å². The molecule has 0 aromatic carbocycles. The van der Waals surface area contributed by atoms with E-state index in [0.717, 1.165) is 11.0 Å². The summed E-state index contributed by atoms with van der Waals surface area (Å²) in [5, 5.41) is 0. The van der Waals surface area contributed by atoms with E-state index in [9.17, 15) is 0 Å². The Morgan fingerprint density at radius 2 is 2.20 bits per heavy atom. The van der Waals surface area contributed by atoms with E-state index in [4.69, 9.17) is 10.7 Å². The van der Waals surface area contributed by atoms with Crippen LogP contribution in [0.1, 0.15) is 0 Å². The fourth-order valence-electron chi connectivity index (χ4n) is 0. The van der Waals surface area contributed by atoms with Gasteiger partial charge in [-0.15, -0.1) is 0 Å². The molecule has 4 heteroatoms. The lowest BCUT2D eigenvalue weighted by molar-refractivity contribution is 4.27. The van der Waals surface area contributed by atoms with Gasteiger partial charge in [0, 0.05) is 11.0 Å². The maximum absolute atomic E-state index is 5.07. The molecule has 0 fully saturated rings. The summed E-state index contributed by atoms with van der Waals surface area (Å²) in [7, 11) is 6.07. The summed E-state index contributed by atoms with van der Waals surface area (Å²) in [4.78, 5) is 0. The van der Waals surface area contributed by atoms with Crippen LogP contribution in [-0.2, 0) is 0 Å². The van der Waals surface area contributed by atoms with E-state index < -0.39 is 0 Å². The summed E-state index contributed by atoms with van der Waals surface area (Å²) in [5.41, 5.74) is 0. The van der Waals surface area contributed by atoms with Crippen LogP contribution in [0.4, 0.5) is 0 Å². The van der Waals surface area contributed by atoms with Crippen LogP contribution >= 0.6 is 49.8 Å². The van der Waals surface area contributed by atoms with Gasteiger partial charge in [-0.3, -0.25) is 0 Å². The molecule has 0 aromatic heterocycles. The van der Waals surface area contributed by atoms with Crippen LogP contribution in [-0.4, -0.2) is 3.11 Å². The predicted octanol–water partition coefficient (Wildman–Crippen LogP) is 2.55. The zero-order chi connectivity index (χ0) is 4.28. The zero-order valence-electron chi connectivity index (χ0n) is 2.07. The van der Waals surface area contributed by atoms with Gasteiger partial charge in [0.2, 0.25) is 0 Å². The minimum Gasteiger partial charge on any atom is -0.0629 e. The number of hydrogen-bond acceptors (Lipinski definition) is 2. The number of rotatable bonds is 0. The molecule has 0 aromatic rings. The molecular formula is CBrClS2. The van der Waals surface area contributed by atoms with Gasteiger partial charge in [0.05, 0.1) is 0 Å². The number of thiocarbonyl (C=S) groups is 1. The molecule has 0 saturated carbocycles. The van der Waals surface area contributed by atoms with E-state index in [0.29, 0.717) is 3.11 Å². The lowest BCUT2D eigenvalue weighted by atomic mass is 11.9. The first-order chi connectivity index (χ1) is 2.27. The molecule has 0 heterocycles. The van der Waals surface area contributed by atoms with E-state index >= 15 is 0 Å². The molecule has 0 aliphatic carbocycles. The molecule has 0 amide bonds. The average molecular weight is 192 g/mol. The van der Waals surface area contributed by atoms with Crippen molar-refractivity contribution >= 4 is 52.9 Å². The van der Waals surface area contributed by atoms with Crippen molar-refractivity contribution in [1.29, 1.82) is 0 Å². The van der Waals surface area contributed by atoms with Gasteiger partial charge in [-0.1, -0.05) is 12.2 Å². The Morgan fingerprint density at radius 3 is 2.20 bits per heavy atom. The van der Waals surface area contributed by atoms with Crippen LogP contribution in [0.5, 0.6) is 0 Å². The summed E-state index contributed by atoms with van der Waals surface area (Å²) >= 11 is 7.38. The van der Waals surface area contributed by atoms with E-state index in [2.05, 4.69) is 28.1 Å². The van der Waals surface area contributed by atoms with Crippen molar-refractivity contribution in [3.05, 3.63) is 0 Å². The molecule has 0 rings (SSSR count). The first-order valence-electron chi connectivity index (χ1n) is 0.752. The fraction of sp³-hybridized carbons (Fsp3) is 0.